The molecule has 2 unspecified atom stereocenters. The third-order valence-electron chi connectivity index (χ3n) is 8.93. The molecule has 4 saturated carbocycles. The van der Waals surface area contributed by atoms with Gasteiger partial charge in [0.15, 0.2) is 11.7 Å². The van der Waals surface area contributed by atoms with Crippen LogP contribution in [0.15, 0.2) is 54.6 Å². The van der Waals surface area contributed by atoms with E-state index in [4.69, 9.17) is 0 Å². The molecule has 5 fully saturated rings. The van der Waals surface area contributed by atoms with Crippen LogP contribution in [-0.4, -0.2) is 23.1 Å². The molecule has 1 aliphatic heterocycles. The molecule has 7 rings (SSSR count). The van der Waals surface area contributed by atoms with Gasteiger partial charge in [0.25, 0.3) is 0 Å². The average molecular weight is 457 g/mol. The van der Waals surface area contributed by atoms with Gasteiger partial charge in [0.2, 0.25) is 11.8 Å². The molecule has 5 heteroatoms. The molecule has 4 aliphatic carbocycles. The lowest BCUT2D eigenvalue weighted by Gasteiger charge is -2.57. The zero-order valence-electron chi connectivity index (χ0n) is 19.7. The Bertz CT molecular complexity index is 1100. The van der Waals surface area contributed by atoms with Gasteiger partial charge in [-0.3, -0.25) is 14.4 Å². The smallest absolute Gasteiger partial charge is 0.244 e. The molecule has 2 atom stereocenters. The summed E-state index contributed by atoms with van der Waals surface area (Å²) >= 11 is 0. The first-order valence-electron chi connectivity index (χ1n) is 12.7. The van der Waals surface area contributed by atoms with Crippen molar-refractivity contribution < 1.29 is 14.4 Å². The van der Waals surface area contributed by atoms with Gasteiger partial charge in [-0.05, 0) is 91.9 Å². The van der Waals surface area contributed by atoms with Gasteiger partial charge < -0.3 is 10.6 Å². The van der Waals surface area contributed by atoms with Crippen LogP contribution in [-0.2, 0) is 26.2 Å². The fourth-order valence-electron chi connectivity index (χ4n) is 7.80. The molecule has 2 aromatic rings. The minimum Gasteiger partial charge on any atom is -0.342 e. The molecule has 1 heterocycles. The topological polar surface area (TPSA) is 75.3 Å². The third-order valence-corrected chi connectivity index (χ3v) is 8.93. The van der Waals surface area contributed by atoms with Crippen molar-refractivity contribution in [3.8, 4) is 0 Å². The van der Waals surface area contributed by atoms with Crippen LogP contribution in [0.5, 0.6) is 0 Å². The highest BCUT2D eigenvalue weighted by Crippen LogP contribution is 2.60. The number of nitrogens with one attached hydrogen (secondary N) is 2. The van der Waals surface area contributed by atoms with Crippen LogP contribution in [0.4, 0.5) is 5.69 Å². The predicted octanol–water partition coefficient (Wildman–Crippen LogP) is 4.41. The van der Waals surface area contributed by atoms with E-state index in [1.807, 2.05) is 42.5 Å². The maximum absolute atomic E-state index is 13.1. The number of benzene rings is 2. The number of amides is 2. The first-order chi connectivity index (χ1) is 16.3. The molecule has 2 amide bonds. The summed E-state index contributed by atoms with van der Waals surface area (Å²) in [6, 6.07) is 17.7. The first-order valence-corrected chi connectivity index (χ1v) is 12.7. The number of hydrogen-bond acceptors (Lipinski definition) is 3. The van der Waals surface area contributed by atoms with Gasteiger partial charge in [-0.1, -0.05) is 42.5 Å². The number of carbonyl (C=O) groups is 3. The van der Waals surface area contributed by atoms with Crippen molar-refractivity contribution in [2.24, 2.45) is 23.7 Å². The van der Waals surface area contributed by atoms with Crippen LogP contribution in [0, 0.1) is 23.7 Å². The van der Waals surface area contributed by atoms with Crippen molar-refractivity contribution in [2.75, 3.05) is 5.32 Å². The van der Waals surface area contributed by atoms with Crippen LogP contribution in [0.2, 0.25) is 0 Å². The highest BCUT2D eigenvalue weighted by Gasteiger charge is 2.53. The Morgan fingerprint density at radius 2 is 1.50 bits per heavy atom. The SMILES string of the molecule is CC1(Cc2ccccc2)NC(=O)C(C(=O)Nc2ccc(C34CC5CC(CC(C5)C3)C4)cc2)C1=O. The molecule has 5 nitrogen and oxygen atoms in total. The van der Waals surface area contributed by atoms with Gasteiger partial charge in [-0.2, -0.15) is 0 Å². The van der Waals surface area contributed by atoms with E-state index in [9.17, 15) is 14.4 Å². The summed E-state index contributed by atoms with van der Waals surface area (Å²) in [6.45, 7) is 1.70. The standard InChI is InChI=1S/C29H32N2O3/c1-28(14-18-5-3-2-4-6-18)25(32)24(27(34)31-28)26(33)30-23-9-7-22(8-10-23)29-15-19-11-20(16-29)13-21(12-19)17-29/h2-10,19-21,24H,11-17H2,1H3,(H,30,33)(H,31,34). The molecular formula is C29H32N2O3. The van der Waals surface area contributed by atoms with E-state index in [2.05, 4.69) is 22.8 Å². The summed E-state index contributed by atoms with van der Waals surface area (Å²) in [4.78, 5) is 38.8. The lowest BCUT2D eigenvalue weighted by atomic mass is 9.48. The van der Waals surface area contributed by atoms with E-state index in [1.54, 1.807) is 6.92 Å². The fraction of sp³-hybridized carbons (Fsp3) is 0.483. The number of Topliss-reactive ketones (excluding diaryl/α,β-unsaturated/α-hetero) is 1. The van der Waals surface area contributed by atoms with Gasteiger partial charge in [0.05, 0.1) is 0 Å². The predicted molar refractivity (Wildman–Crippen MR) is 130 cm³/mol. The molecule has 34 heavy (non-hydrogen) atoms. The summed E-state index contributed by atoms with van der Waals surface area (Å²) in [7, 11) is 0. The van der Waals surface area contributed by atoms with Gasteiger partial charge >= 0.3 is 0 Å². The van der Waals surface area contributed by atoms with E-state index in [0.717, 1.165) is 23.3 Å². The van der Waals surface area contributed by atoms with Crippen molar-refractivity contribution in [1.82, 2.24) is 5.32 Å². The number of rotatable bonds is 5. The maximum atomic E-state index is 13.1. The molecular weight excluding hydrogens is 424 g/mol. The van der Waals surface area contributed by atoms with Crippen molar-refractivity contribution in [2.45, 2.75) is 62.8 Å². The maximum Gasteiger partial charge on any atom is 0.244 e. The van der Waals surface area contributed by atoms with Crippen LogP contribution in [0.1, 0.15) is 56.6 Å². The Labute approximate surface area is 200 Å². The second kappa shape index (κ2) is 7.79. The molecule has 2 aromatic carbocycles. The van der Waals surface area contributed by atoms with Crippen LogP contribution in [0.3, 0.4) is 0 Å². The normalized spacial score (nSPS) is 35.9. The van der Waals surface area contributed by atoms with Gasteiger partial charge in [-0.15, -0.1) is 0 Å². The van der Waals surface area contributed by atoms with Crippen molar-refractivity contribution in [1.29, 1.82) is 0 Å². The highest BCUT2D eigenvalue weighted by molar-refractivity contribution is 6.27. The lowest BCUT2D eigenvalue weighted by Crippen LogP contribution is -2.48. The molecule has 176 valence electrons. The fourth-order valence-corrected chi connectivity index (χ4v) is 7.80. The summed E-state index contributed by atoms with van der Waals surface area (Å²) in [5.41, 5.74) is 2.19. The molecule has 1 saturated heterocycles. The molecule has 4 bridgehead atoms. The molecule has 0 aromatic heterocycles. The zero-order chi connectivity index (χ0) is 23.5. The summed E-state index contributed by atoms with van der Waals surface area (Å²) in [5, 5.41) is 5.61. The minimum absolute atomic E-state index is 0.303. The third kappa shape index (κ3) is 3.57. The molecule has 5 aliphatic rings. The summed E-state index contributed by atoms with van der Waals surface area (Å²) in [5.74, 6) is -0.137. The second-order valence-corrected chi connectivity index (χ2v) is 11.5. The summed E-state index contributed by atoms with van der Waals surface area (Å²) < 4.78 is 0. The summed E-state index contributed by atoms with van der Waals surface area (Å²) in [6.07, 6.45) is 8.47. The Hall–Kier alpha value is -2.95. The Morgan fingerprint density at radius 1 is 0.912 bits per heavy atom. The number of anilines is 1. The average Bonchev–Trinajstić information content (AvgIpc) is 3.01. The van der Waals surface area contributed by atoms with Crippen molar-refractivity contribution >= 4 is 23.3 Å². The highest BCUT2D eigenvalue weighted by atomic mass is 16.2. The van der Waals surface area contributed by atoms with E-state index in [0.29, 0.717) is 17.5 Å². The van der Waals surface area contributed by atoms with E-state index < -0.39 is 23.3 Å². The Kier molecular flexibility index (Phi) is 4.94. The number of hydrogen-bond donors (Lipinski definition) is 2. The zero-order valence-corrected chi connectivity index (χ0v) is 19.7. The Morgan fingerprint density at radius 3 is 2.09 bits per heavy atom. The van der Waals surface area contributed by atoms with Crippen LogP contribution < -0.4 is 10.6 Å². The quantitative estimate of drug-likeness (QED) is 0.655. The van der Waals surface area contributed by atoms with Crippen molar-refractivity contribution in [3.05, 3.63) is 65.7 Å². The van der Waals surface area contributed by atoms with Gasteiger partial charge in [-0.25, -0.2) is 0 Å². The lowest BCUT2D eigenvalue weighted by molar-refractivity contribution is -0.135. The van der Waals surface area contributed by atoms with Crippen LogP contribution in [0.25, 0.3) is 0 Å². The molecule has 0 radical (unpaired) electrons. The van der Waals surface area contributed by atoms with Crippen LogP contribution >= 0.6 is 0 Å². The largest absolute Gasteiger partial charge is 0.342 e. The number of ketones is 1. The van der Waals surface area contributed by atoms with E-state index in [-0.39, 0.29) is 5.78 Å². The second-order valence-electron chi connectivity index (χ2n) is 11.5. The van der Waals surface area contributed by atoms with E-state index >= 15 is 0 Å². The van der Waals surface area contributed by atoms with Gasteiger partial charge in [0, 0.05) is 12.1 Å². The molecule has 2 N–H and O–H groups in total. The minimum atomic E-state index is -1.32. The molecule has 0 spiro atoms. The monoisotopic (exact) mass is 456 g/mol. The number of carbonyl (C=O) groups excluding carboxylic acids is 3. The van der Waals surface area contributed by atoms with Gasteiger partial charge in [0.1, 0.15) is 5.54 Å². The Balaban J connectivity index is 1.15. The van der Waals surface area contributed by atoms with Crippen molar-refractivity contribution in [3.63, 3.8) is 0 Å². The first kappa shape index (κ1) is 21.6. The van der Waals surface area contributed by atoms with E-state index in [1.165, 1.54) is 44.1 Å².